The van der Waals surface area contributed by atoms with Gasteiger partial charge in [0.25, 0.3) is 0 Å². The molecule has 0 aliphatic heterocycles. The monoisotopic (exact) mass is 269 g/mol. The molecule has 0 heterocycles. The first kappa shape index (κ1) is 12.2. The van der Waals surface area contributed by atoms with Crippen molar-refractivity contribution in [3.8, 4) is 0 Å². The van der Waals surface area contributed by atoms with Gasteiger partial charge in [0.15, 0.2) is 0 Å². The molecule has 3 heteroatoms. The molecule has 0 bridgehead atoms. The van der Waals surface area contributed by atoms with Crippen molar-refractivity contribution >= 4 is 27.5 Å². The van der Waals surface area contributed by atoms with Gasteiger partial charge in [-0.2, -0.15) is 0 Å². The molecule has 1 aromatic carbocycles. The van der Waals surface area contributed by atoms with E-state index in [0.717, 1.165) is 17.7 Å². The number of carbonyl (C=O) groups excluding carboxylic acids is 1. The molecule has 0 saturated heterocycles. The van der Waals surface area contributed by atoms with Crippen LogP contribution >= 0.6 is 15.9 Å². The Hall–Kier alpha value is -0.830. The van der Waals surface area contributed by atoms with Crippen LogP contribution in [0.5, 0.6) is 0 Å². The third-order valence-electron chi connectivity index (χ3n) is 2.28. The maximum absolute atomic E-state index is 11.6. The standard InChI is InChI=1S/C12H16BrNO/c1-4-10(13)12(15)14-11-6-5-8(2)7-9(11)3/h5-7,10H,4H2,1-3H3,(H,14,15)/t10-/m0/s1. The van der Waals surface area contributed by atoms with E-state index in [9.17, 15) is 4.79 Å². The number of hydrogen-bond donors (Lipinski definition) is 1. The number of aryl methyl sites for hydroxylation is 2. The summed E-state index contributed by atoms with van der Waals surface area (Å²) in [6.07, 6.45) is 0.788. The van der Waals surface area contributed by atoms with E-state index in [-0.39, 0.29) is 10.7 Å². The normalized spacial score (nSPS) is 12.3. The minimum Gasteiger partial charge on any atom is -0.325 e. The first-order valence-electron chi connectivity index (χ1n) is 5.06. The lowest BCUT2D eigenvalue weighted by molar-refractivity contribution is -0.115. The van der Waals surface area contributed by atoms with Crippen LogP contribution in [-0.4, -0.2) is 10.7 Å². The Morgan fingerprint density at radius 3 is 2.67 bits per heavy atom. The van der Waals surface area contributed by atoms with E-state index in [0.29, 0.717) is 0 Å². The highest BCUT2D eigenvalue weighted by atomic mass is 79.9. The number of alkyl halides is 1. The van der Waals surface area contributed by atoms with Crippen molar-refractivity contribution in [2.45, 2.75) is 32.0 Å². The first-order chi connectivity index (χ1) is 7.04. The Morgan fingerprint density at radius 1 is 1.47 bits per heavy atom. The molecule has 0 saturated carbocycles. The largest absolute Gasteiger partial charge is 0.325 e. The van der Waals surface area contributed by atoms with Crippen LogP contribution in [-0.2, 0) is 4.79 Å². The summed E-state index contributed by atoms with van der Waals surface area (Å²) in [5.74, 6) is 0.0180. The molecule has 15 heavy (non-hydrogen) atoms. The zero-order valence-corrected chi connectivity index (χ0v) is 10.9. The lowest BCUT2D eigenvalue weighted by Gasteiger charge is -2.11. The number of nitrogens with one attached hydrogen (secondary N) is 1. The summed E-state index contributed by atoms with van der Waals surface area (Å²) in [5, 5.41) is 2.90. The molecule has 2 nitrogen and oxygen atoms in total. The van der Waals surface area contributed by atoms with E-state index in [1.807, 2.05) is 32.9 Å². The molecular weight excluding hydrogens is 254 g/mol. The smallest absolute Gasteiger partial charge is 0.238 e. The molecule has 0 aromatic heterocycles. The minimum absolute atomic E-state index is 0.0180. The molecule has 0 spiro atoms. The Morgan fingerprint density at radius 2 is 2.13 bits per heavy atom. The van der Waals surface area contributed by atoms with Crippen LogP contribution in [0.1, 0.15) is 24.5 Å². The van der Waals surface area contributed by atoms with Crippen LogP contribution in [0.2, 0.25) is 0 Å². The van der Waals surface area contributed by atoms with E-state index in [1.54, 1.807) is 0 Å². The molecule has 0 aliphatic rings. The van der Waals surface area contributed by atoms with Gasteiger partial charge in [-0.1, -0.05) is 40.5 Å². The Labute approximate surface area is 99.2 Å². The second-order valence-electron chi connectivity index (χ2n) is 3.68. The first-order valence-corrected chi connectivity index (χ1v) is 5.98. The van der Waals surface area contributed by atoms with Crippen LogP contribution in [0.4, 0.5) is 5.69 Å². The van der Waals surface area contributed by atoms with Crippen molar-refractivity contribution in [3.05, 3.63) is 29.3 Å². The third kappa shape index (κ3) is 3.34. The predicted molar refractivity (Wildman–Crippen MR) is 67.6 cm³/mol. The molecular formula is C12H16BrNO. The minimum atomic E-state index is -0.113. The summed E-state index contributed by atoms with van der Waals surface area (Å²) in [6, 6.07) is 6.00. The van der Waals surface area contributed by atoms with Gasteiger partial charge in [0.1, 0.15) is 0 Å². The quantitative estimate of drug-likeness (QED) is 0.838. The summed E-state index contributed by atoms with van der Waals surface area (Å²) in [5.41, 5.74) is 3.19. The van der Waals surface area contributed by atoms with Gasteiger partial charge < -0.3 is 5.32 Å². The second kappa shape index (κ2) is 5.31. The molecule has 1 aromatic rings. The maximum Gasteiger partial charge on any atom is 0.238 e. The van der Waals surface area contributed by atoms with Crippen molar-refractivity contribution < 1.29 is 4.79 Å². The maximum atomic E-state index is 11.6. The van der Waals surface area contributed by atoms with Gasteiger partial charge in [-0.3, -0.25) is 4.79 Å². The number of halogens is 1. The van der Waals surface area contributed by atoms with Crippen LogP contribution in [0.3, 0.4) is 0 Å². The van der Waals surface area contributed by atoms with Crippen molar-refractivity contribution in [2.75, 3.05) is 5.32 Å². The van der Waals surface area contributed by atoms with Crippen molar-refractivity contribution in [1.29, 1.82) is 0 Å². The van der Waals surface area contributed by atoms with Gasteiger partial charge in [0.2, 0.25) is 5.91 Å². The SMILES string of the molecule is CC[C@H](Br)C(=O)Nc1ccc(C)cc1C. The summed E-state index contributed by atoms with van der Waals surface area (Å²) in [4.78, 5) is 11.5. The highest BCUT2D eigenvalue weighted by Gasteiger charge is 2.12. The molecule has 1 rings (SSSR count). The molecule has 82 valence electrons. The third-order valence-corrected chi connectivity index (χ3v) is 3.35. The summed E-state index contributed by atoms with van der Waals surface area (Å²) in [7, 11) is 0. The van der Waals surface area contributed by atoms with E-state index in [1.165, 1.54) is 5.56 Å². The second-order valence-corrected chi connectivity index (χ2v) is 4.79. The van der Waals surface area contributed by atoms with Gasteiger partial charge in [-0.15, -0.1) is 0 Å². The fraction of sp³-hybridized carbons (Fsp3) is 0.417. The molecule has 0 fully saturated rings. The van der Waals surface area contributed by atoms with Gasteiger partial charge in [0.05, 0.1) is 4.83 Å². The predicted octanol–water partition coefficient (Wildman–Crippen LogP) is 3.42. The number of benzene rings is 1. The molecule has 0 unspecified atom stereocenters. The number of amides is 1. The lowest BCUT2D eigenvalue weighted by Crippen LogP contribution is -2.22. The summed E-state index contributed by atoms with van der Waals surface area (Å²) < 4.78 is 0. The number of anilines is 1. The number of hydrogen-bond acceptors (Lipinski definition) is 1. The lowest BCUT2D eigenvalue weighted by atomic mass is 10.1. The van der Waals surface area contributed by atoms with Crippen molar-refractivity contribution in [2.24, 2.45) is 0 Å². The highest BCUT2D eigenvalue weighted by molar-refractivity contribution is 9.10. The zero-order valence-electron chi connectivity index (χ0n) is 9.30. The molecule has 1 N–H and O–H groups in total. The van der Waals surface area contributed by atoms with Gasteiger partial charge in [0, 0.05) is 5.69 Å². The van der Waals surface area contributed by atoms with Gasteiger partial charge in [-0.25, -0.2) is 0 Å². The molecule has 1 atom stereocenters. The Bertz CT molecular complexity index is 363. The fourth-order valence-corrected chi connectivity index (χ4v) is 1.46. The van der Waals surface area contributed by atoms with Crippen LogP contribution in [0.25, 0.3) is 0 Å². The van der Waals surface area contributed by atoms with Crippen LogP contribution in [0.15, 0.2) is 18.2 Å². The van der Waals surface area contributed by atoms with E-state index in [2.05, 4.69) is 27.3 Å². The van der Waals surface area contributed by atoms with E-state index >= 15 is 0 Å². The average molecular weight is 270 g/mol. The number of carbonyl (C=O) groups is 1. The zero-order chi connectivity index (χ0) is 11.4. The van der Waals surface area contributed by atoms with Crippen molar-refractivity contribution in [3.63, 3.8) is 0 Å². The van der Waals surface area contributed by atoms with Gasteiger partial charge >= 0.3 is 0 Å². The van der Waals surface area contributed by atoms with E-state index < -0.39 is 0 Å². The summed E-state index contributed by atoms with van der Waals surface area (Å²) in [6.45, 7) is 6.01. The van der Waals surface area contributed by atoms with Crippen LogP contribution < -0.4 is 5.32 Å². The van der Waals surface area contributed by atoms with Crippen LogP contribution in [0, 0.1) is 13.8 Å². The Kier molecular flexibility index (Phi) is 4.33. The molecule has 1 amide bonds. The van der Waals surface area contributed by atoms with Crippen molar-refractivity contribution in [1.82, 2.24) is 0 Å². The highest BCUT2D eigenvalue weighted by Crippen LogP contribution is 2.17. The average Bonchev–Trinajstić information content (AvgIpc) is 2.20. The fourth-order valence-electron chi connectivity index (χ4n) is 1.35. The summed E-state index contributed by atoms with van der Waals surface area (Å²) >= 11 is 3.33. The van der Waals surface area contributed by atoms with E-state index in [4.69, 9.17) is 0 Å². The number of rotatable bonds is 3. The van der Waals surface area contributed by atoms with Gasteiger partial charge in [-0.05, 0) is 31.9 Å². The molecule has 0 aliphatic carbocycles. The molecule has 0 radical (unpaired) electrons. The topological polar surface area (TPSA) is 29.1 Å². The Balaban J connectivity index is 2.77.